The Morgan fingerprint density at radius 1 is 1.11 bits per heavy atom. The minimum atomic E-state index is -0.661. The van der Waals surface area contributed by atoms with Gasteiger partial charge in [0.2, 0.25) is 11.9 Å². The van der Waals surface area contributed by atoms with Gasteiger partial charge in [-0.25, -0.2) is 19.9 Å². The van der Waals surface area contributed by atoms with Gasteiger partial charge in [-0.05, 0) is 63.3 Å². The SMILES string of the molecule is C[C@@H](O)c1cc2cnc(Nc3ccc4c(n3)CCN(C(=O)[C@H]3CCCCN3)C4)nc2c(N2CCCCC2)n1. The molecule has 38 heavy (non-hydrogen) atoms. The van der Waals surface area contributed by atoms with Crippen molar-refractivity contribution in [3.63, 3.8) is 0 Å². The molecule has 200 valence electrons. The Labute approximate surface area is 222 Å². The molecule has 6 rings (SSSR count). The van der Waals surface area contributed by atoms with Crippen LogP contribution in [-0.2, 0) is 17.8 Å². The molecule has 0 aromatic carbocycles. The Kier molecular flexibility index (Phi) is 7.08. The molecule has 0 radical (unpaired) electrons. The van der Waals surface area contributed by atoms with Crippen LogP contribution in [0.1, 0.15) is 68.5 Å². The van der Waals surface area contributed by atoms with Crippen LogP contribution in [-0.4, -0.2) is 68.1 Å². The third-order valence-corrected chi connectivity index (χ3v) is 7.86. The molecular weight excluding hydrogens is 480 g/mol. The van der Waals surface area contributed by atoms with Crippen molar-refractivity contribution in [2.75, 3.05) is 36.4 Å². The molecule has 0 bridgehead atoms. The van der Waals surface area contributed by atoms with Crippen molar-refractivity contribution < 1.29 is 9.90 Å². The normalized spacial score (nSPS) is 20.7. The Morgan fingerprint density at radius 2 is 1.97 bits per heavy atom. The number of anilines is 3. The zero-order valence-electron chi connectivity index (χ0n) is 22.0. The molecule has 3 aliphatic heterocycles. The molecule has 3 N–H and O–H groups in total. The van der Waals surface area contributed by atoms with E-state index < -0.39 is 6.10 Å². The Balaban J connectivity index is 1.22. The van der Waals surface area contributed by atoms with Gasteiger partial charge < -0.3 is 25.5 Å². The number of aromatic nitrogens is 4. The summed E-state index contributed by atoms with van der Waals surface area (Å²) in [5, 5.41) is 17.7. The number of hydrogen-bond acceptors (Lipinski definition) is 9. The van der Waals surface area contributed by atoms with Crippen LogP contribution >= 0.6 is 0 Å². The van der Waals surface area contributed by atoms with Crippen LogP contribution in [0.5, 0.6) is 0 Å². The fraction of sp³-hybridized carbons (Fsp3) is 0.536. The van der Waals surface area contributed by atoms with E-state index in [0.717, 1.165) is 86.1 Å². The lowest BCUT2D eigenvalue weighted by Gasteiger charge is -2.33. The molecule has 10 heteroatoms. The quantitative estimate of drug-likeness (QED) is 0.469. The van der Waals surface area contributed by atoms with Crippen molar-refractivity contribution in [1.82, 2.24) is 30.2 Å². The molecule has 3 aromatic heterocycles. The number of aliphatic hydroxyl groups excluding tert-OH is 1. The van der Waals surface area contributed by atoms with Crippen molar-refractivity contribution in [1.29, 1.82) is 0 Å². The summed E-state index contributed by atoms with van der Waals surface area (Å²) in [5.41, 5.74) is 3.50. The van der Waals surface area contributed by atoms with Crippen LogP contribution in [0.15, 0.2) is 24.4 Å². The zero-order chi connectivity index (χ0) is 26.1. The first-order valence-corrected chi connectivity index (χ1v) is 13.9. The lowest BCUT2D eigenvalue weighted by molar-refractivity contribution is -0.135. The number of rotatable bonds is 5. The van der Waals surface area contributed by atoms with Gasteiger partial charge in [0.15, 0.2) is 5.82 Å². The molecule has 0 saturated carbocycles. The lowest BCUT2D eigenvalue weighted by atomic mass is 10.0. The van der Waals surface area contributed by atoms with E-state index in [-0.39, 0.29) is 11.9 Å². The minimum Gasteiger partial charge on any atom is -0.387 e. The minimum absolute atomic E-state index is 0.0507. The fourth-order valence-corrected chi connectivity index (χ4v) is 5.71. The number of pyridine rings is 2. The number of carbonyl (C=O) groups excluding carboxylic acids is 1. The van der Waals surface area contributed by atoms with Gasteiger partial charge in [-0.1, -0.05) is 12.5 Å². The smallest absolute Gasteiger partial charge is 0.240 e. The van der Waals surface area contributed by atoms with Gasteiger partial charge in [0, 0.05) is 49.9 Å². The maximum absolute atomic E-state index is 13.0. The molecule has 2 atom stereocenters. The van der Waals surface area contributed by atoms with Crippen molar-refractivity contribution in [3.8, 4) is 0 Å². The number of fused-ring (bicyclic) bond motifs is 2. The number of hydrogen-bond donors (Lipinski definition) is 3. The number of nitrogens with one attached hydrogen (secondary N) is 2. The molecule has 10 nitrogen and oxygen atoms in total. The number of nitrogens with zero attached hydrogens (tertiary/aromatic N) is 6. The van der Waals surface area contributed by atoms with Gasteiger partial charge in [-0.2, -0.15) is 0 Å². The molecule has 2 saturated heterocycles. The first-order chi connectivity index (χ1) is 18.5. The van der Waals surface area contributed by atoms with Crippen LogP contribution < -0.4 is 15.5 Å². The van der Waals surface area contributed by atoms with Gasteiger partial charge in [0.1, 0.15) is 11.3 Å². The van der Waals surface area contributed by atoms with Gasteiger partial charge in [-0.3, -0.25) is 4.79 Å². The molecular formula is C28H36N8O2. The van der Waals surface area contributed by atoms with E-state index in [2.05, 4.69) is 26.6 Å². The molecule has 3 aromatic rings. The highest BCUT2D eigenvalue weighted by Gasteiger charge is 2.29. The number of piperidine rings is 2. The van der Waals surface area contributed by atoms with E-state index in [1.807, 2.05) is 17.0 Å². The molecule has 0 aliphatic carbocycles. The highest BCUT2D eigenvalue weighted by Crippen LogP contribution is 2.30. The summed E-state index contributed by atoms with van der Waals surface area (Å²) in [6.07, 6.45) is 8.50. The van der Waals surface area contributed by atoms with Crippen molar-refractivity contribution >= 4 is 34.4 Å². The molecule has 2 fully saturated rings. The molecule has 3 aliphatic rings. The summed E-state index contributed by atoms with van der Waals surface area (Å²) in [6.45, 7) is 5.80. The highest BCUT2D eigenvalue weighted by molar-refractivity contribution is 5.89. The summed E-state index contributed by atoms with van der Waals surface area (Å²) in [6, 6.07) is 5.80. The summed E-state index contributed by atoms with van der Waals surface area (Å²) < 4.78 is 0. The zero-order valence-corrected chi connectivity index (χ0v) is 22.0. The van der Waals surface area contributed by atoms with Crippen LogP contribution in [0, 0.1) is 0 Å². The topological polar surface area (TPSA) is 119 Å². The van der Waals surface area contributed by atoms with Gasteiger partial charge in [0.05, 0.1) is 17.8 Å². The third-order valence-electron chi connectivity index (χ3n) is 7.86. The number of aliphatic hydroxyl groups is 1. The standard InChI is InChI=1S/C28H36N8O2/c1-18(37)23-15-20-16-30-28(34-25(20)26(32-23)35-12-5-2-6-13-35)33-24-9-8-19-17-36(14-10-21(19)31-24)27(38)22-7-3-4-11-29-22/h8-9,15-16,18,22,29,37H,2-7,10-14,17H2,1H3,(H,30,31,33,34)/t18-,22-/m1/s1. The Hall–Kier alpha value is -3.37. The van der Waals surface area contributed by atoms with E-state index in [0.29, 0.717) is 30.5 Å². The average molecular weight is 517 g/mol. The molecule has 0 unspecified atom stereocenters. The Morgan fingerprint density at radius 3 is 2.76 bits per heavy atom. The molecule has 0 spiro atoms. The van der Waals surface area contributed by atoms with Crippen LogP contribution in [0.2, 0.25) is 0 Å². The summed E-state index contributed by atoms with van der Waals surface area (Å²) in [5.74, 6) is 2.16. The first kappa shape index (κ1) is 24.9. The second-order valence-corrected chi connectivity index (χ2v) is 10.7. The second kappa shape index (κ2) is 10.8. The largest absolute Gasteiger partial charge is 0.387 e. The van der Waals surface area contributed by atoms with Crippen LogP contribution in [0.3, 0.4) is 0 Å². The molecule has 6 heterocycles. The number of carbonyl (C=O) groups is 1. The van der Waals surface area contributed by atoms with E-state index in [1.54, 1.807) is 13.1 Å². The predicted octanol–water partition coefficient (Wildman–Crippen LogP) is 3.23. The van der Waals surface area contributed by atoms with Crippen molar-refractivity contribution in [3.05, 3.63) is 41.3 Å². The summed E-state index contributed by atoms with van der Waals surface area (Å²) >= 11 is 0. The van der Waals surface area contributed by atoms with Crippen LogP contribution in [0.25, 0.3) is 10.9 Å². The van der Waals surface area contributed by atoms with Gasteiger partial charge in [-0.15, -0.1) is 0 Å². The van der Waals surface area contributed by atoms with Crippen molar-refractivity contribution in [2.45, 2.75) is 70.6 Å². The summed E-state index contributed by atoms with van der Waals surface area (Å²) in [7, 11) is 0. The number of amides is 1. The highest BCUT2D eigenvalue weighted by atomic mass is 16.3. The first-order valence-electron chi connectivity index (χ1n) is 13.9. The maximum atomic E-state index is 13.0. The van der Waals surface area contributed by atoms with Crippen molar-refractivity contribution in [2.24, 2.45) is 0 Å². The van der Waals surface area contributed by atoms with Gasteiger partial charge >= 0.3 is 0 Å². The Bertz CT molecular complexity index is 1320. The third kappa shape index (κ3) is 5.15. The monoisotopic (exact) mass is 516 g/mol. The lowest BCUT2D eigenvalue weighted by Crippen LogP contribution is -2.49. The van der Waals surface area contributed by atoms with E-state index in [4.69, 9.17) is 15.0 Å². The fourth-order valence-electron chi connectivity index (χ4n) is 5.71. The molecule has 1 amide bonds. The average Bonchev–Trinajstić information content (AvgIpc) is 2.97. The van der Waals surface area contributed by atoms with E-state index in [1.165, 1.54) is 6.42 Å². The van der Waals surface area contributed by atoms with Gasteiger partial charge in [0.25, 0.3) is 0 Å². The second-order valence-electron chi connectivity index (χ2n) is 10.7. The summed E-state index contributed by atoms with van der Waals surface area (Å²) in [4.78, 5) is 36.2. The maximum Gasteiger partial charge on any atom is 0.240 e. The van der Waals surface area contributed by atoms with E-state index >= 15 is 0 Å². The predicted molar refractivity (Wildman–Crippen MR) is 146 cm³/mol. The van der Waals surface area contributed by atoms with E-state index in [9.17, 15) is 9.90 Å². The van der Waals surface area contributed by atoms with Crippen LogP contribution in [0.4, 0.5) is 17.6 Å².